The summed E-state index contributed by atoms with van der Waals surface area (Å²) in [6, 6.07) is 16.6. The van der Waals surface area contributed by atoms with Crippen LogP contribution in [-0.4, -0.2) is 51.9 Å². The van der Waals surface area contributed by atoms with Gasteiger partial charge in [0.25, 0.3) is 10.0 Å². The Bertz CT molecular complexity index is 1420. The van der Waals surface area contributed by atoms with E-state index >= 15 is 0 Å². The van der Waals surface area contributed by atoms with E-state index in [-0.39, 0.29) is 23.5 Å². The van der Waals surface area contributed by atoms with Gasteiger partial charge in [-0.3, -0.25) is 13.9 Å². The lowest BCUT2D eigenvalue weighted by molar-refractivity contribution is -0.140. The van der Waals surface area contributed by atoms with Crippen LogP contribution in [0.1, 0.15) is 24.5 Å². The van der Waals surface area contributed by atoms with Crippen LogP contribution in [0.2, 0.25) is 0 Å². The number of carbonyl (C=O) groups excluding carboxylic acids is 2. The van der Waals surface area contributed by atoms with Crippen LogP contribution in [-0.2, 0) is 32.3 Å². The van der Waals surface area contributed by atoms with Crippen molar-refractivity contribution in [3.8, 4) is 5.75 Å². The summed E-state index contributed by atoms with van der Waals surface area (Å²) in [6.07, 6.45) is -4.54. The lowest BCUT2D eigenvalue weighted by atomic mass is 10.1. The summed E-state index contributed by atoms with van der Waals surface area (Å²) in [7, 11) is -1.57. The van der Waals surface area contributed by atoms with Crippen molar-refractivity contribution in [2.75, 3.05) is 25.0 Å². The number of hydrogen-bond acceptors (Lipinski definition) is 5. The second-order valence-electron chi connectivity index (χ2n) is 8.78. The van der Waals surface area contributed by atoms with E-state index in [1.54, 1.807) is 37.3 Å². The summed E-state index contributed by atoms with van der Waals surface area (Å²) in [4.78, 5) is 27.6. The summed E-state index contributed by atoms with van der Waals surface area (Å²) in [5, 5.41) is 2.51. The number of hydrogen-bond donors (Lipinski definition) is 1. The number of sulfonamides is 1. The van der Waals surface area contributed by atoms with Crippen LogP contribution < -0.4 is 14.4 Å². The van der Waals surface area contributed by atoms with Crippen LogP contribution in [0.3, 0.4) is 0 Å². The molecule has 8 nitrogen and oxygen atoms in total. The van der Waals surface area contributed by atoms with Gasteiger partial charge in [0.2, 0.25) is 11.8 Å². The van der Waals surface area contributed by atoms with Gasteiger partial charge in [-0.15, -0.1) is 0 Å². The first kappa shape index (κ1) is 30.5. The van der Waals surface area contributed by atoms with Gasteiger partial charge in [0.05, 0.1) is 23.3 Å². The van der Waals surface area contributed by atoms with Gasteiger partial charge in [-0.2, -0.15) is 13.2 Å². The standard InChI is InChI=1S/C28H30F3N3O5S/c1-4-25(27(36)32-2)33(18-20-13-15-23(39-3)16-14-20)26(35)19-34(40(37,38)24-11-6-5-7-12-24)22-10-8-9-21(17-22)28(29,30)31/h5-17,25H,4,18-19H2,1-3H3,(H,32,36)/t25-/m1/s1. The molecule has 0 fully saturated rings. The molecule has 0 bridgehead atoms. The number of benzene rings is 3. The molecule has 1 atom stereocenters. The maximum atomic E-state index is 13.8. The third kappa shape index (κ3) is 7.12. The second-order valence-corrected chi connectivity index (χ2v) is 10.6. The molecular formula is C28H30F3N3O5S. The van der Waals surface area contributed by atoms with Gasteiger partial charge < -0.3 is 15.0 Å². The van der Waals surface area contributed by atoms with Crippen LogP contribution in [0.25, 0.3) is 0 Å². The zero-order valence-electron chi connectivity index (χ0n) is 22.2. The molecular weight excluding hydrogens is 547 g/mol. The molecule has 2 amide bonds. The number of halogens is 3. The second kappa shape index (κ2) is 12.9. The number of likely N-dealkylation sites (N-methyl/N-ethyl adjacent to an activating group) is 1. The Morgan fingerprint density at radius 3 is 2.17 bits per heavy atom. The molecule has 0 spiro atoms. The number of nitrogens with zero attached hydrogens (tertiary/aromatic N) is 2. The van der Waals surface area contributed by atoms with Crippen molar-refractivity contribution in [3.05, 3.63) is 90.0 Å². The van der Waals surface area contributed by atoms with Crippen LogP contribution in [0.5, 0.6) is 5.75 Å². The predicted octanol–water partition coefficient (Wildman–Crippen LogP) is 4.46. The molecule has 3 rings (SSSR count). The van der Waals surface area contributed by atoms with Gasteiger partial charge in [-0.25, -0.2) is 8.42 Å². The lowest BCUT2D eigenvalue weighted by Gasteiger charge is -2.33. The number of carbonyl (C=O) groups is 2. The third-order valence-electron chi connectivity index (χ3n) is 6.22. The fourth-order valence-electron chi connectivity index (χ4n) is 4.10. The maximum absolute atomic E-state index is 13.8. The molecule has 1 N–H and O–H groups in total. The number of amides is 2. The van der Waals surface area contributed by atoms with Gasteiger partial charge in [0.1, 0.15) is 18.3 Å². The number of nitrogens with one attached hydrogen (secondary N) is 1. The zero-order valence-corrected chi connectivity index (χ0v) is 23.0. The Balaban J connectivity index is 2.09. The number of anilines is 1. The monoisotopic (exact) mass is 577 g/mol. The summed E-state index contributed by atoms with van der Waals surface area (Å²) >= 11 is 0. The molecule has 3 aromatic carbocycles. The highest BCUT2D eigenvalue weighted by Crippen LogP contribution is 2.33. The number of ether oxygens (including phenoxy) is 1. The third-order valence-corrected chi connectivity index (χ3v) is 8.00. The highest BCUT2D eigenvalue weighted by molar-refractivity contribution is 7.92. The summed E-state index contributed by atoms with van der Waals surface area (Å²) < 4.78 is 73.7. The molecule has 0 radical (unpaired) electrons. The molecule has 40 heavy (non-hydrogen) atoms. The molecule has 0 aliphatic rings. The van der Waals surface area contributed by atoms with Crippen molar-refractivity contribution in [1.82, 2.24) is 10.2 Å². The molecule has 0 aliphatic carbocycles. The van der Waals surface area contributed by atoms with Crippen LogP contribution in [0, 0.1) is 0 Å². The van der Waals surface area contributed by atoms with Crippen molar-refractivity contribution in [2.45, 2.75) is 37.0 Å². The molecule has 12 heteroatoms. The van der Waals surface area contributed by atoms with Crippen molar-refractivity contribution in [1.29, 1.82) is 0 Å². The highest BCUT2D eigenvalue weighted by Gasteiger charge is 2.35. The van der Waals surface area contributed by atoms with Crippen molar-refractivity contribution in [3.63, 3.8) is 0 Å². The first-order valence-electron chi connectivity index (χ1n) is 12.3. The SMILES string of the molecule is CC[C@H](C(=O)NC)N(Cc1ccc(OC)cc1)C(=O)CN(c1cccc(C(F)(F)F)c1)S(=O)(=O)c1ccccc1. The van der Waals surface area contributed by atoms with E-state index in [1.807, 2.05) is 0 Å². The van der Waals surface area contributed by atoms with Gasteiger partial charge in [0, 0.05) is 13.6 Å². The zero-order chi connectivity index (χ0) is 29.5. The van der Waals surface area contributed by atoms with Crippen LogP contribution >= 0.6 is 0 Å². The minimum absolute atomic E-state index is 0.0590. The first-order valence-corrected chi connectivity index (χ1v) is 13.8. The molecule has 0 saturated heterocycles. The van der Waals surface area contributed by atoms with E-state index in [0.29, 0.717) is 21.7 Å². The quantitative estimate of drug-likeness (QED) is 0.363. The molecule has 0 saturated carbocycles. The van der Waals surface area contributed by atoms with E-state index in [1.165, 1.54) is 49.4 Å². The Morgan fingerprint density at radius 1 is 0.975 bits per heavy atom. The van der Waals surface area contributed by atoms with Crippen LogP contribution in [0.15, 0.2) is 83.8 Å². The summed E-state index contributed by atoms with van der Waals surface area (Å²) in [5.41, 5.74) is -0.782. The summed E-state index contributed by atoms with van der Waals surface area (Å²) in [5.74, 6) is -0.672. The maximum Gasteiger partial charge on any atom is 0.416 e. The first-order chi connectivity index (χ1) is 18.9. The minimum atomic E-state index is -4.74. The minimum Gasteiger partial charge on any atom is -0.497 e. The Hall–Kier alpha value is -4.06. The van der Waals surface area contributed by atoms with Crippen molar-refractivity contribution in [2.24, 2.45) is 0 Å². The van der Waals surface area contributed by atoms with Crippen LogP contribution in [0.4, 0.5) is 18.9 Å². The Kier molecular flexibility index (Phi) is 9.80. The van der Waals surface area contributed by atoms with Gasteiger partial charge >= 0.3 is 6.18 Å². The van der Waals surface area contributed by atoms with E-state index in [0.717, 1.165) is 12.1 Å². The lowest BCUT2D eigenvalue weighted by Crippen LogP contribution is -2.51. The average molecular weight is 578 g/mol. The van der Waals surface area contributed by atoms with E-state index in [4.69, 9.17) is 4.74 Å². The fraction of sp³-hybridized carbons (Fsp3) is 0.286. The van der Waals surface area contributed by atoms with Gasteiger partial charge in [0.15, 0.2) is 0 Å². The van der Waals surface area contributed by atoms with Crippen molar-refractivity contribution >= 4 is 27.5 Å². The smallest absolute Gasteiger partial charge is 0.416 e. The molecule has 0 aromatic heterocycles. The number of alkyl halides is 3. The average Bonchev–Trinajstić information content (AvgIpc) is 2.95. The molecule has 3 aromatic rings. The van der Waals surface area contributed by atoms with E-state index in [2.05, 4.69) is 5.32 Å². The number of methoxy groups -OCH3 is 1. The Morgan fingerprint density at radius 2 is 1.62 bits per heavy atom. The van der Waals surface area contributed by atoms with E-state index < -0.39 is 46.2 Å². The molecule has 0 aliphatic heterocycles. The van der Waals surface area contributed by atoms with Crippen molar-refractivity contribution < 1.29 is 35.9 Å². The largest absolute Gasteiger partial charge is 0.497 e. The molecule has 214 valence electrons. The predicted molar refractivity (Wildman–Crippen MR) is 144 cm³/mol. The Labute approximate surface area is 231 Å². The fourth-order valence-corrected chi connectivity index (χ4v) is 5.53. The topological polar surface area (TPSA) is 96.0 Å². The normalized spacial score (nSPS) is 12.3. The van der Waals surface area contributed by atoms with Gasteiger partial charge in [-0.1, -0.05) is 43.3 Å². The van der Waals surface area contributed by atoms with E-state index in [9.17, 15) is 31.2 Å². The van der Waals surface area contributed by atoms with Gasteiger partial charge in [-0.05, 0) is 54.4 Å². The molecule has 0 unspecified atom stereocenters. The number of rotatable bonds is 11. The summed E-state index contributed by atoms with van der Waals surface area (Å²) in [6.45, 7) is 0.790. The molecule has 0 heterocycles. The highest BCUT2D eigenvalue weighted by atomic mass is 32.2.